The van der Waals surface area contributed by atoms with Crippen LogP contribution in [0.15, 0.2) is 30.3 Å². The van der Waals surface area contributed by atoms with Gasteiger partial charge in [-0.25, -0.2) is 0 Å². The molecule has 0 saturated heterocycles. The predicted octanol–water partition coefficient (Wildman–Crippen LogP) is 4.52. The zero-order valence-corrected chi connectivity index (χ0v) is 13.8. The zero-order chi connectivity index (χ0) is 8.69. The number of rotatable bonds is 0. The average Bonchev–Trinajstić information content (AvgIpc) is 1.87. The second kappa shape index (κ2) is 8.59. The molecule has 0 aromatic heterocycles. The van der Waals surface area contributed by atoms with Crippen LogP contribution < -0.4 is 0 Å². The third-order valence-electron chi connectivity index (χ3n) is 0.843. The van der Waals surface area contributed by atoms with Crippen molar-refractivity contribution < 1.29 is 6.63 Å². The van der Waals surface area contributed by atoms with Crippen LogP contribution in [0.2, 0.25) is 0 Å². The van der Waals surface area contributed by atoms with Crippen molar-refractivity contribution >= 4 is 57.6 Å². The molecule has 0 spiro atoms. The molecule has 0 bridgehead atoms. The summed E-state index contributed by atoms with van der Waals surface area (Å²) in [6.45, 7) is 3.30. The Kier molecular flexibility index (Phi) is 10.1. The number of benzene rings is 1. The molecule has 0 heterocycles. The Bertz CT molecular complexity index is 174. The molecule has 0 saturated carbocycles. The van der Waals surface area contributed by atoms with Gasteiger partial charge >= 0.3 is 64.2 Å². The third-order valence-corrected chi connectivity index (χ3v) is 0.843. The summed E-state index contributed by atoms with van der Waals surface area (Å²) < 4.78 is 0. The fourth-order valence-electron chi connectivity index (χ4n) is 0.478. The van der Waals surface area contributed by atoms with Crippen LogP contribution in [0.1, 0.15) is 5.56 Å². The fraction of sp³-hybridized carbons (Fsp3) is 0. The van der Waals surface area contributed by atoms with Crippen molar-refractivity contribution in [3.8, 4) is 0 Å². The maximum atomic E-state index is 3.72. The van der Waals surface area contributed by atoms with E-state index in [1.54, 1.807) is 0 Å². The van der Waals surface area contributed by atoms with Gasteiger partial charge in [0, 0.05) is 0 Å². The minimum absolute atomic E-state index is 0.423. The van der Waals surface area contributed by atoms with Gasteiger partial charge in [0.1, 0.15) is 0 Å². The van der Waals surface area contributed by atoms with Crippen molar-refractivity contribution in [2.24, 2.45) is 0 Å². The molecule has 0 aliphatic carbocycles. The van der Waals surface area contributed by atoms with E-state index in [9.17, 15) is 0 Å². The van der Waals surface area contributed by atoms with Crippen LogP contribution in [-0.4, -0.2) is 0 Å². The Morgan fingerprint density at radius 1 is 1.00 bits per heavy atom. The fourth-order valence-corrected chi connectivity index (χ4v) is 0.478. The molecule has 1 aromatic carbocycles. The summed E-state index contributed by atoms with van der Waals surface area (Å²) in [6.07, 6.45) is 0. The van der Waals surface area contributed by atoms with Crippen LogP contribution in [0.5, 0.6) is 0 Å². The third kappa shape index (κ3) is 12.0. The molecule has 1 rings (SSSR count). The van der Waals surface area contributed by atoms with Crippen molar-refractivity contribution in [2.45, 2.75) is 0 Å². The molecule has 0 fully saturated rings. The van der Waals surface area contributed by atoms with Crippen LogP contribution in [0, 0.1) is 6.92 Å². The first-order valence-electron chi connectivity index (χ1n) is 2.83. The average molecular weight is 520 g/mol. The normalized spacial score (nSPS) is 7.91. The van der Waals surface area contributed by atoms with E-state index in [1.165, 1.54) is 0 Å². The first-order chi connectivity index (χ1) is 5.13. The molecule has 4 heteroatoms. The van der Waals surface area contributed by atoms with Crippen molar-refractivity contribution in [3.63, 3.8) is 0 Å². The number of halogens is 3. The van der Waals surface area contributed by atoms with E-state index in [2.05, 4.69) is 64.5 Å². The van der Waals surface area contributed by atoms with E-state index in [4.69, 9.17) is 0 Å². The molecule has 0 nitrogen and oxygen atoms in total. The Morgan fingerprint density at radius 2 is 1.36 bits per heavy atom. The van der Waals surface area contributed by atoms with Gasteiger partial charge in [-0.3, -0.25) is 0 Å². The topological polar surface area (TPSA) is 0 Å². The SMILES string of the molecule is [CH2-]c1ccccc1.[I][Ti+]([I])[I]. The van der Waals surface area contributed by atoms with Gasteiger partial charge in [-0.15, -0.1) is 12.1 Å². The van der Waals surface area contributed by atoms with Crippen LogP contribution in [0.4, 0.5) is 0 Å². The van der Waals surface area contributed by atoms with Gasteiger partial charge in [-0.1, -0.05) is 6.07 Å². The van der Waals surface area contributed by atoms with Crippen LogP contribution >= 0.6 is 57.6 Å². The van der Waals surface area contributed by atoms with Gasteiger partial charge in [0.05, 0.1) is 0 Å². The first-order valence-corrected chi connectivity index (χ1v) is 17.9. The molecule has 60 valence electrons. The van der Waals surface area contributed by atoms with Gasteiger partial charge in [0.2, 0.25) is 0 Å². The number of hydrogen-bond acceptors (Lipinski definition) is 0. The molecule has 0 aliphatic rings. The molecular formula is C7H7I3Ti. The molecule has 1 aromatic rings. The molecule has 0 N–H and O–H groups in total. The Hall–Kier alpha value is 1.99. The van der Waals surface area contributed by atoms with E-state index < -0.39 is 6.63 Å². The summed E-state index contributed by atoms with van der Waals surface area (Å²) in [7, 11) is 0. The van der Waals surface area contributed by atoms with Gasteiger partial charge < -0.3 is 0 Å². The van der Waals surface area contributed by atoms with Gasteiger partial charge in [-0.2, -0.15) is 24.6 Å². The van der Waals surface area contributed by atoms with Crippen LogP contribution in [0.25, 0.3) is 0 Å². The Balaban J connectivity index is 0.000000218. The standard InChI is InChI=1S/C7H7.3HI.Ti/c1-7-5-3-2-4-6-7;;;;/h2-6H,1H2;3*1H;/q-1;;;;+4/p-3. The monoisotopic (exact) mass is 520 g/mol. The van der Waals surface area contributed by atoms with Crippen molar-refractivity contribution in [1.29, 1.82) is 0 Å². The minimum atomic E-state index is -0.423. The van der Waals surface area contributed by atoms with Crippen LogP contribution in [-0.2, 0) is 6.63 Å². The van der Waals surface area contributed by atoms with Crippen molar-refractivity contribution in [2.75, 3.05) is 0 Å². The zero-order valence-electron chi connectivity index (χ0n) is 5.73. The first kappa shape index (κ1) is 13.0. The molecular weight excluding hydrogens is 513 g/mol. The second-order valence-electron chi connectivity index (χ2n) is 1.70. The molecule has 0 aliphatic heterocycles. The summed E-state index contributed by atoms with van der Waals surface area (Å²) in [6, 6.07) is 9.87. The summed E-state index contributed by atoms with van der Waals surface area (Å²) in [5, 5.41) is 0. The van der Waals surface area contributed by atoms with Crippen molar-refractivity contribution in [1.82, 2.24) is 0 Å². The summed E-state index contributed by atoms with van der Waals surface area (Å²) in [5.74, 6) is 0. The summed E-state index contributed by atoms with van der Waals surface area (Å²) in [4.78, 5) is 0. The van der Waals surface area contributed by atoms with E-state index in [0.717, 1.165) is 5.56 Å². The molecule has 0 atom stereocenters. The number of hydrogen-bond donors (Lipinski definition) is 0. The van der Waals surface area contributed by atoms with E-state index >= 15 is 0 Å². The van der Waals surface area contributed by atoms with Gasteiger partial charge in [0.25, 0.3) is 0 Å². The molecule has 11 heavy (non-hydrogen) atoms. The second-order valence-corrected chi connectivity index (χ2v) is 41.2. The predicted molar refractivity (Wildman–Crippen MR) is 73.0 cm³/mol. The van der Waals surface area contributed by atoms with E-state index in [1.807, 2.05) is 30.3 Å². The molecule has 0 unspecified atom stereocenters. The quantitative estimate of drug-likeness (QED) is 0.269. The summed E-state index contributed by atoms with van der Waals surface area (Å²) >= 11 is 7.45. The van der Waals surface area contributed by atoms with Gasteiger partial charge in [0.15, 0.2) is 0 Å². The van der Waals surface area contributed by atoms with E-state index in [-0.39, 0.29) is 0 Å². The van der Waals surface area contributed by atoms with Gasteiger partial charge in [-0.05, 0) is 0 Å². The van der Waals surface area contributed by atoms with E-state index in [0.29, 0.717) is 0 Å². The Labute approximate surface area is 105 Å². The summed E-state index contributed by atoms with van der Waals surface area (Å²) in [5.41, 5.74) is 1.07. The maximum absolute atomic E-state index is 3.72. The van der Waals surface area contributed by atoms with Crippen molar-refractivity contribution in [3.05, 3.63) is 42.8 Å². The molecule has 0 radical (unpaired) electrons. The Morgan fingerprint density at radius 3 is 1.55 bits per heavy atom. The molecule has 0 amide bonds. The van der Waals surface area contributed by atoms with Crippen LogP contribution in [0.3, 0.4) is 0 Å².